The predicted molar refractivity (Wildman–Crippen MR) is 79.4 cm³/mol. The normalized spacial score (nSPS) is 18.5. The molecule has 3 nitrogen and oxygen atoms in total. The van der Waals surface area contributed by atoms with Crippen LogP contribution in [-0.2, 0) is 4.79 Å². The third kappa shape index (κ3) is 2.64. The number of anilines is 2. The standard InChI is InChI=1S/C15H14N2OS/c18-14-11-16-15(19-14)17(12-7-3-1-4-8-12)13-9-5-2-6-10-13/h1-10,15-16H,11H2. The summed E-state index contributed by atoms with van der Waals surface area (Å²) in [5, 5.41) is 3.43. The molecule has 0 saturated carbocycles. The van der Waals surface area contributed by atoms with Crippen LogP contribution in [0.15, 0.2) is 60.7 Å². The van der Waals surface area contributed by atoms with Crippen LogP contribution < -0.4 is 10.2 Å². The Morgan fingerprint density at radius 3 is 1.89 bits per heavy atom. The van der Waals surface area contributed by atoms with Gasteiger partial charge in [0.2, 0.25) is 5.12 Å². The molecule has 1 heterocycles. The zero-order valence-corrected chi connectivity index (χ0v) is 11.1. The molecule has 2 aromatic rings. The molecule has 0 bridgehead atoms. The molecule has 96 valence electrons. The van der Waals surface area contributed by atoms with Gasteiger partial charge in [0, 0.05) is 11.4 Å². The van der Waals surface area contributed by atoms with Crippen molar-refractivity contribution in [2.24, 2.45) is 0 Å². The molecular formula is C15H14N2OS. The summed E-state index contributed by atoms with van der Waals surface area (Å²) in [5.41, 5.74) is 2.11. The molecule has 0 aromatic heterocycles. The molecule has 1 saturated heterocycles. The molecule has 1 fully saturated rings. The van der Waals surface area contributed by atoms with Gasteiger partial charge >= 0.3 is 0 Å². The molecule has 0 radical (unpaired) electrons. The number of carbonyl (C=O) groups is 1. The van der Waals surface area contributed by atoms with Crippen molar-refractivity contribution < 1.29 is 4.79 Å². The van der Waals surface area contributed by atoms with Crippen molar-refractivity contribution in [2.45, 2.75) is 5.50 Å². The van der Waals surface area contributed by atoms with Gasteiger partial charge in [-0.05, 0) is 36.0 Å². The van der Waals surface area contributed by atoms with E-state index in [2.05, 4.69) is 34.5 Å². The van der Waals surface area contributed by atoms with Crippen LogP contribution in [0.5, 0.6) is 0 Å². The molecule has 1 aliphatic rings. The Morgan fingerprint density at radius 1 is 0.947 bits per heavy atom. The van der Waals surface area contributed by atoms with Crippen LogP contribution in [0.25, 0.3) is 0 Å². The Labute approximate surface area is 116 Å². The third-order valence-corrected chi connectivity index (χ3v) is 3.98. The fraction of sp³-hybridized carbons (Fsp3) is 0.133. The highest BCUT2D eigenvalue weighted by atomic mass is 32.2. The SMILES string of the molecule is O=C1CNC(N(c2ccccc2)c2ccccc2)S1. The number of para-hydroxylation sites is 2. The number of rotatable bonds is 3. The van der Waals surface area contributed by atoms with Crippen molar-refractivity contribution in [3.8, 4) is 0 Å². The van der Waals surface area contributed by atoms with E-state index in [-0.39, 0.29) is 10.6 Å². The number of nitrogens with zero attached hydrogens (tertiary/aromatic N) is 1. The molecule has 1 unspecified atom stereocenters. The summed E-state index contributed by atoms with van der Waals surface area (Å²) < 4.78 is 0. The Hall–Kier alpha value is -1.78. The smallest absolute Gasteiger partial charge is 0.206 e. The Balaban J connectivity index is 1.99. The van der Waals surface area contributed by atoms with Gasteiger partial charge in [0.25, 0.3) is 0 Å². The average molecular weight is 270 g/mol. The van der Waals surface area contributed by atoms with Crippen LogP contribution in [-0.4, -0.2) is 17.2 Å². The highest BCUT2D eigenvalue weighted by Gasteiger charge is 2.29. The van der Waals surface area contributed by atoms with Crippen LogP contribution in [0.4, 0.5) is 11.4 Å². The van der Waals surface area contributed by atoms with Gasteiger partial charge in [0.15, 0.2) is 0 Å². The van der Waals surface area contributed by atoms with E-state index >= 15 is 0 Å². The first-order valence-corrected chi connectivity index (χ1v) is 7.05. The molecule has 1 aliphatic heterocycles. The van der Waals surface area contributed by atoms with E-state index < -0.39 is 0 Å². The maximum atomic E-state index is 11.5. The van der Waals surface area contributed by atoms with Crippen LogP contribution in [0.1, 0.15) is 0 Å². The zero-order valence-electron chi connectivity index (χ0n) is 10.3. The fourth-order valence-electron chi connectivity index (χ4n) is 2.12. The maximum Gasteiger partial charge on any atom is 0.206 e. The van der Waals surface area contributed by atoms with Gasteiger partial charge in [0.05, 0.1) is 6.54 Å². The molecule has 4 heteroatoms. The molecule has 1 N–H and O–H groups in total. The van der Waals surface area contributed by atoms with Gasteiger partial charge in [-0.1, -0.05) is 36.4 Å². The van der Waals surface area contributed by atoms with Gasteiger partial charge in [-0.3, -0.25) is 10.1 Å². The number of hydrogen-bond donors (Lipinski definition) is 1. The van der Waals surface area contributed by atoms with Crippen LogP contribution >= 0.6 is 11.8 Å². The van der Waals surface area contributed by atoms with Gasteiger partial charge < -0.3 is 4.90 Å². The van der Waals surface area contributed by atoms with Crippen molar-refractivity contribution in [2.75, 3.05) is 11.4 Å². The predicted octanol–water partition coefficient (Wildman–Crippen LogP) is 2.97. The topological polar surface area (TPSA) is 32.3 Å². The van der Waals surface area contributed by atoms with Gasteiger partial charge in [-0.15, -0.1) is 0 Å². The maximum absolute atomic E-state index is 11.5. The second kappa shape index (κ2) is 5.47. The number of hydrogen-bond acceptors (Lipinski definition) is 4. The lowest BCUT2D eigenvalue weighted by Crippen LogP contribution is -2.36. The highest BCUT2D eigenvalue weighted by Crippen LogP contribution is 2.32. The molecule has 0 aliphatic carbocycles. The fourth-order valence-corrected chi connectivity index (χ4v) is 3.05. The van der Waals surface area contributed by atoms with Gasteiger partial charge in [-0.25, -0.2) is 0 Å². The van der Waals surface area contributed by atoms with E-state index in [9.17, 15) is 4.79 Å². The first-order chi connectivity index (χ1) is 9.34. The van der Waals surface area contributed by atoms with Crippen LogP contribution in [0.2, 0.25) is 0 Å². The minimum absolute atomic E-state index is 0.0442. The van der Waals surface area contributed by atoms with Gasteiger partial charge in [0.1, 0.15) is 5.50 Å². The van der Waals surface area contributed by atoms with Crippen LogP contribution in [0.3, 0.4) is 0 Å². The quantitative estimate of drug-likeness (QED) is 0.929. The van der Waals surface area contributed by atoms with Crippen molar-refractivity contribution in [3.05, 3.63) is 60.7 Å². The van der Waals surface area contributed by atoms with E-state index in [1.807, 2.05) is 36.4 Å². The Morgan fingerprint density at radius 2 is 1.47 bits per heavy atom. The summed E-state index contributed by atoms with van der Waals surface area (Å²) in [6.07, 6.45) is 0. The van der Waals surface area contributed by atoms with E-state index in [0.717, 1.165) is 11.4 Å². The minimum Gasteiger partial charge on any atom is -0.316 e. The number of thioether (sulfide) groups is 1. The second-order valence-corrected chi connectivity index (χ2v) is 5.40. The molecule has 3 rings (SSSR count). The molecule has 19 heavy (non-hydrogen) atoms. The summed E-state index contributed by atoms with van der Waals surface area (Å²) in [7, 11) is 0. The highest BCUT2D eigenvalue weighted by molar-refractivity contribution is 8.14. The van der Waals surface area contributed by atoms with E-state index in [1.165, 1.54) is 11.8 Å². The second-order valence-electron chi connectivity index (χ2n) is 4.26. The molecule has 0 spiro atoms. The average Bonchev–Trinajstić information content (AvgIpc) is 2.88. The lowest BCUT2D eigenvalue weighted by atomic mass is 10.2. The van der Waals surface area contributed by atoms with Crippen molar-refractivity contribution in [1.29, 1.82) is 0 Å². The summed E-state index contributed by atoms with van der Waals surface area (Å²) >= 11 is 1.34. The number of benzene rings is 2. The first-order valence-electron chi connectivity index (χ1n) is 6.17. The Kier molecular flexibility index (Phi) is 3.53. The van der Waals surface area contributed by atoms with E-state index in [1.54, 1.807) is 0 Å². The number of nitrogens with one attached hydrogen (secondary N) is 1. The first kappa shape index (κ1) is 12.3. The largest absolute Gasteiger partial charge is 0.316 e. The third-order valence-electron chi connectivity index (χ3n) is 2.97. The van der Waals surface area contributed by atoms with Crippen molar-refractivity contribution in [1.82, 2.24) is 5.32 Å². The van der Waals surface area contributed by atoms with Gasteiger partial charge in [-0.2, -0.15) is 0 Å². The lowest BCUT2D eigenvalue weighted by Gasteiger charge is -2.30. The number of carbonyl (C=O) groups excluding carboxylic acids is 1. The summed E-state index contributed by atoms with van der Waals surface area (Å²) in [5.74, 6) is 0. The summed E-state index contributed by atoms with van der Waals surface area (Å²) in [6.45, 7) is 0.422. The van der Waals surface area contributed by atoms with Crippen LogP contribution in [0, 0.1) is 0 Å². The monoisotopic (exact) mass is 270 g/mol. The molecule has 0 amide bonds. The van der Waals surface area contributed by atoms with E-state index in [4.69, 9.17) is 0 Å². The summed E-state index contributed by atoms with van der Waals surface area (Å²) in [6, 6.07) is 20.2. The van der Waals surface area contributed by atoms with Crippen molar-refractivity contribution >= 4 is 28.3 Å². The molecular weight excluding hydrogens is 256 g/mol. The lowest BCUT2D eigenvalue weighted by molar-refractivity contribution is -0.109. The zero-order chi connectivity index (χ0) is 13.1. The summed E-state index contributed by atoms with van der Waals surface area (Å²) in [4.78, 5) is 13.6. The Bertz CT molecular complexity index is 519. The molecule has 2 aromatic carbocycles. The van der Waals surface area contributed by atoms with E-state index in [0.29, 0.717) is 6.54 Å². The van der Waals surface area contributed by atoms with Crippen molar-refractivity contribution in [3.63, 3.8) is 0 Å². The molecule has 1 atom stereocenters. The minimum atomic E-state index is -0.0442.